The van der Waals surface area contributed by atoms with E-state index in [1.807, 2.05) is 0 Å². The van der Waals surface area contributed by atoms with Gasteiger partial charge in [-0.3, -0.25) is 9.59 Å². The highest BCUT2D eigenvalue weighted by Gasteiger charge is 2.26. The number of ether oxygens (including phenoxy) is 1. The van der Waals surface area contributed by atoms with Gasteiger partial charge < -0.3 is 20.1 Å². The van der Waals surface area contributed by atoms with E-state index >= 15 is 0 Å². The fourth-order valence-corrected chi connectivity index (χ4v) is 2.15. The molecule has 0 atom stereocenters. The average Bonchev–Trinajstić information content (AvgIpc) is 2.93. The van der Waals surface area contributed by atoms with Crippen LogP contribution in [-0.4, -0.2) is 35.6 Å². The summed E-state index contributed by atoms with van der Waals surface area (Å²) in [6.07, 6.45) is 0.284. The number of fused-ring (bicyclic) bond motifs is 1. The Labute approximate surface area is 132 Å². The zero-order valence-corrected chi connectivity index (χ0v) is 13.2. The Morgan fingerprint density at radius 2 is 2.09 bits per heavy atom. The lowest BCUT2D eigenvalue weighted by Crippen LogP contribution is -2.32. The number of carboxylic acids is 1. The van der Waals surface area contributed by atoms with Crippen molar-refractivity contribution in [3.05, 3.63) is 29.7 Å². The van der Waals surface area contributed by atoms with Gasteiger partial charge in [0.2, 0.25) is 0 Å². The van der Waals surface area contributed by atoms with E-state index in [0.29, 0.717) is 11.1 Å². The zero-order valence-electron chi connectivity index (χ0n) is 13.2. The van der Waals surface area contributed by atoms with E-state index in [2.05, 4.69) is 10.3 Å². The summed E-state index contributed by atoms with van der Waals surface area (Å²) in [5, 5.41) is 12.1. The minimum absolute atomic E-state index is 0.191. The lowest BCUT2D eigenvalue weighted by atomic mass is 9.90. The van der Waals surface area contributed by atoms with Crippen LogP contribution in [0.15, 0.2) is 18.2 Å². The molecule has 0 saturated heterocycles. The molecule has 7 heteroatoms. The number of H-pyrrole nitrogens is 1. The highest BCUT2D eigenvalue weighted by molar-refractivity contribution is 5.99. The molecule has 0 aliphatic rings. The first kappa shape index (κ1) is 16.8. The molecule has 1 aromatic heterocycles. The second-order valence-electron chi connectivity index (χ2n) is 5.92. The predicted octanol–water partition coefficient (Wildman–Crippen LogP) is 2.55. The third-order valence-corrected chi connectivity index (χ3v) is 3.78. The second-order valence-corrected chi connectivity index (χ2v) is 5.92. The first-order valence-electron chi connectivity index (χ1n) is 7.13. The minimum atomic E-state index is -0.928. The van der Waals surface area contributed by atoms with Crippen LogP contribution in [0.3, 0.4) is 0 Å². The zero-order chi connectivity index (χ0) is 17.2. The van der Waals surface area contributed by atoms with E-state index in [9.17, 15) is 14.0 Å². The highest BCUT2D eigenvalue weighted by Crippen LogP contribution is 2.28. The number of rotatable bonds is 6. The van der Waals surface area contributed by atoms with E-state index in [4.69, 9.17) is 9.84 Å². The molecule has 1 amide bonds. The molecule has 2 rings (SSSR count). The van der Waals surface area contributed by atoms with Crippen LogP contribution >= 0.6 is 0 Å². The summed E-state index contributed by atoms with van der Waals surface area (Å²) in [7, 11) is 1.47. The summed E-state index contributed by atoms with van der Waals surface area (Å²) in [6.45, 7) is 3.38. The number of halogens is 1. The Kier molecular flexibility index (Phi) is 4.58. The molecule has 1 aromatic carbocycles. The van der Waals surface area contributed by atoms with Gasteiger partial charge in [-0.15, -0.1) is 0 Å². The standard InChI is InChI=1S/C16H19FN2O4/c1-16(2,15(21)22)6-7-18-14(20)11-8-9-12(23-3)5-4-10(17)13(9)19-11/h4-5,8,19H,6-7H2,1-3H3,(H,18,20)(H,21,22). The Hall–Kier alpha value is -2.57. The minimum Gasteiger partial charge on any atom is -0.496 e. The predicted molar refractivity (Wildman–Crippen MR) is 83.2 cm³/mol. The SMILES string of the molecule is COc1ccc(F)c2[nH]c(C(=O)NCCC(C)(C)C(=O)O)cc12. The second kappa shape index (κ2) is 6.28. The lowest BCUT2D eigenvalue weighted by Gasteiger charge is -2.18. The fraction of sp³-hybridized carbons (Fsp3) is 0.375. The van der Waals surface area contributed by atoms with Crippen LogP contribution in [-0.2, 0) is 4.79 Å². The fourth-order valence-electron chi connectivity index (χ4n) is 2.15. The number of carbonyl (C=O) groups is 2. The summed E-state index contributed by atoms with van der Waals surface area (Å²) in [6, 6.07) is 4.26. The molecule has 0 bridgehead atoms. The Morgan fingerprint density at radius 1 is 1.39 bits per heavy atom. The van der Waals surface area contributed by atoms with Crippen LogP contribution < -0.4 is 10.1 Å². The molecule has 0 radical (unpaired) electrons. The van der Waals surface area contributed by atoms with E-state index in [1.54, 1.807) is 13.8 Å². The lowest BCUT2D eigenvalue weighted by molar-refractivity contribution is -0.147. The number of aromatic amines is 1. The monoisotopic (exact) mass is 322 g/mol. The maximum atomic E-state index is 13.8. The number of amides is 1. The van der Waals surface area contributed by atoms with Gasteiger partial charge in [-0.1, -0.05) is 0 Å². The molecule has 6 nitrogen and oxygen atoms in total. The number of hydrogen-bond donors (Lipinski definition) is 3. The molecular weight excluding hydrogens is 303 g/mol. The Bertz CT molecular complexity index is 752. The molecule has 23 heavy (non-hydrogen) atoms. The third kappa shape index (κ3) is 3.44. The number of nitrogens with one attached hydrogen (secondary N) is 2. The molecule has 0 saturated carbocycles. The van der Waals surface area contributed by atoms with Crippen molar-refractivity contribution in [3.8, 4) is 5.75 Å². The number of methoxy groups -OCH3 is 1. The number of hydrogen-bond acceptors (Lipinski definition) is 3. The van der Waals surface area contributed by atoms with E-state index in [0.717, 1.165) is 0 Å². The third-order valence-electron chi connectivity index (χ3n) is 3.78. The van der Waals surface area contributed by atoms with Gasteiger partial charge >= 0.3 is 5.97 Å². The summed E-state index contributed by atoms with van der Waals surface area (Å²) < 4.78 is 18.9. The van der Waals surface area contributed by atoms with Gasteiger partial charge in [0.05, 0.1) is 18.0 Å². The van der Waals surface area contributed by atoms with Crippen molar-refractivity contribution in [1.82, 2.24) is 10.3 Å². The number of benzene rings is 1. The summed E-state index contributed by atoms with van der Waals surface area (Å²) in [4.78, 5) is 25.9. The summed E-state index contributed by atoms with van der Waals surface area (Å²) in [5.74, 6) is -1.37. The number of aromatic nitrogens is 1. The molecule has 0 aliphatic carbocycles. The van der Waals surface area contributed by atoms with Crippen molar-refractivity contribution in [1.29, 1.82) is 0 Å². The van der Waals surface area contributed by atoms with Crippen LogP contribution in [0, 0.1) is 11.2 Å². The largest absolute Gasteiger partial charge is 0.496 e. The highest BCUT2D eigenvalue weighted by atomic mass is 19.1. The van der Waals surface area contributed by atoms with Crippen LogP contribution in [0.4, 0.5) is 4.39 Å². The molecule has 0 fully saturated rings. The van der Waals surface area contributed by atoms with Crippen molar-refractivity contribution in [2.24, 2.45) is 5.41 Å². The smallest absolute Gasteiger partial charge is 0.309 e. The maximum absolute atomic E-state index is 13.8. The summed E-state index contributed by atoms with van der Waals surface area (Å²) >= 11 is 0. The number of carbonyl (C=O) groups excluding carboxylic acids is 1. The molecule has 1 heterocycles. The van der Waals surface area contributed by atoms with Crippen LogP contribution in [0.2, 0.25) is 0 Å². The quantitative estimate of drug-likeness (QED) is 0.762. The normalized spacial score (nSPS) is 11.5. The van der Waals surface area contributed by atoms with Gasteiger partial charge in [0.1, 0.15) is 17.3 Å². The van der Waals surface area contributed by atoms with E-state index in [1.165, 1.54) is 25.3 Å². The topological polar surface area (TPSA) is 91.4 Å². The van der Waals surface area contributed by atoms with Gasteiger partial charge in [0.25, 0.3) is 5.91 Å². The molecule has 3 N–H and O–H groups in total. The van der Waals surface area contributed by atoms with Crippen LogP contribution in [0.5, 0.6) is 5.75 Å². The van der Waals surface area contributed by atoms with E-state index in [-0.39, 0.29) is 24.2 Å². The van der Waals surface area contributed by atoms with Gasteiger partial charge in [0.15, 0.2) is 0 Å². The van der Waals surface area contributed by atoms with Crippen molar-refractivity contribution < 1.29 is 23.8 Å². The number of carboxylic acid groups (broad SMARTS) is 1. The van der Waals surface area contributed by atoms with Crippen LogP contribution in [0.25, 0.3) is 10.9 Å². The van der Waals surface area contributed by atoms with E-state index < -0.39 is 23.1 Å². The molecule has 0 unspecified atom stereocenters. The first-order valence-corrected chi connectivity index (χ1v) is 7.13. The first-order chi connectivity index (χ1) is 10.8. The molecule has 2 aromatic rings. The van der Waals surface area contributed by atoms with Gasteiger partial charge in [-0.25, -0.2) is 4.39 Å². The molecule has 0 spiro atoms. The Morgan fingerprint density at radius 3 is 2.70 bits per heavy atom. The van der Waals surface area contributed by atoms with Gasteiger partial charge in [-0.05, 0) is 38.5 Å². The number of aliphatic carboxylic acids is 1. The molecule has 124 valence electrons. The van der Waals surface area contributed by atoms with Gasteiger partial charge in [0, 0.05) is 11.9 Å². The van der Waals surface area contributed by atoms with Crippen molar-refractivity contribution in [2.45, 2.75) is 20.3 Å². The van der Waals surface area contributed by atoms with Gasteiger partial charge in [-0.2, -0.15) is 0 Å². The van der Waals surface area contributed by atoms with Crippen molar-refractivity contribution in [3.63, 3.8) is 0 Å². The molecular formula is C16H19FN2O4. The Balaban J connectivity index is 2.13. The van der Waals surface area contributed by atoms with Crippen LogP contribution in [0.1, 0.15) is 30.8 Å². The van der Waals surface area contributed by atoms with Crippen molar-refractivity contribution >= 4 is 22.8 Å². The molecule has 0 aliphatic heterocycles. The van der Waals surface area contributed by atoms with Crippen molar-refractivity contribution in [2.75, 3.05) is 13.7 Å². The summed E-state index contributed by atoms with van der Waals surface area (Å²) in [5.41, 5.74) is -0.542. The maximum Gasteiger partial charge on any atom is 0.309 e. The average molecular weight is 322 g/mol.